The van der Waals surface area contributed by atoms with Gasteiger partial charge in [0.05, 0.1) is 11.3 Å². The van der Waals surface area contributed by atoms with Gasteiger partial charge in [0.15, 0.2) is 18.1 Å². The molecule has 4 rings (SSSR count). The molecule has 1 aliphatic heterocycles. The zero-order valence-corrected chi connectivity index (χ0v) is 18.8. The van der Waals surface area contributed by atoms with Crippen LogP contribution in [0.1, 0.15) is 15.9 Å². The topological polar surface area (TPSA) is 116 Å². The van der Waals surface area contributed by atoms with Crippen LogP contribution < -0.4 is 20.1 Å². The third-order valence-electron chi connectivity index (χ3n) is 4.65. The monoisotopic (exact) mass is 479 g/mol. The molecule has 2 aromatic carbocycles. The highest BCUT2D eigenvalue weighted by atomic mass is 32.2. The number of hydrogen-bond acceptors (Lipinski definition) is 8. The SMILES string of the molecule is O=C(COC(=O)c1cccnc1SCC(=O)Nc1ccc2c(c1)OCO2)NCc1ccccc1. The van der Waals surface area contributed by atoms with Crippen molar-refractivity contribution in [1.82, 2.24) is 10.3 Å². The molecular weight excluding hydrogens is 458 g/mol. The lowest BCUT2D eigenvalue weighted by molar-refractivity contribution is -0.124. The molecule has 1 aliphatic rings. The number of fused-ring (bicyclic) bond motifs is 1. The highest BCUT2D eigenvalue weighted by Crippen LogP contribution is 2.34. The van der Waals surface area contributed by atoms with Crippen molar-refractivity contribution in [2.24, 2.45) is 0 Å². The van der Waals surface area contributed by atoms with E-state index in [9.17, 15) is 14.4 Å². The number of carbonyl (C=O) groups excluding carboxylic acids is 3. The average Bonchev–Trinajstić information content (AvgIpc) is 3.33. The van der Waals surface area contributed by atoms with Gasteiger partial charge in [0.2, 0.25) is 12.7 Å². The van der Waals surface area contributed by atoms with E-state index >= 15 is 0 Å². The first-order valence-electron chi connectivity index (χ1n) is 10.3. The third kappa shape index (κ3) is 6.26. The van der Waals surface area contributed by atoms with Crippen molar-refractivity contribution in [1.29, 1.82) is 0 Å². The minimum absolute atomic E-state index is 0.0172. The number of aromatic nitrogens is 1. The van der Waals surface area contributed by atoms with Gasteiger partial charge in [0, 0.05) is 24.5 Å². The van der Waals surface area contributed by atoms with Gasteiger partial charge in [0.25, 0.3) is 5.91 Å². The summed E-state index contributed by atoms with van der Waals surface area (Å²) < 4.78 is 15.7. The minimum Gasteiger partial charge on any atom is -0.454 e. The predicted molar refractivity (Wildman–Crippen MR) is 125 cm³/mol. The van der Waals surface area contributed by atoms with Crippen LogP contribution in [0.25, 0.3) is 0 Å². The summed E-state index contributed by atoms with van der Waals surface area (Å²) in [5, 5.41) is 5.79. The van der Waals surface area contributed by atoms with Crippen LogP contribution in [0.4, 0.5) is 5.69 Å². The molecule has 2 heterocycles. The summed E-state index contributed by atoms with van der Waals surface area (Å²) in [6.07, 6.45) is 1.52. The van der Waals surface area contributed by atoms with E-state index in [4.69, 9.17) is 14.2 Å². The summed E-state index contributed by atoms with van der Waals surface area (Å²) in [6, 6.07) is 17.6. The molecule has 1 aromatic heterocycles. The van der Waals surface area contributed by atoms with Crippen LogP contribution in [0.3, 0.4) is 0 Å². The van der Waals surface area contributed by atoms with E-state index in [1.807, 2.05) is 30.3 Å². The van der Waals surface area contributed by atoms with Crippen molar-refractivity contribution in [3.8, 4) is 11.5 Å². The number of nitrogens with zero attached hydrogens (tertiary/aromatic N) is 1. The minimum atomic E-state index is -0.693. The summed E-state index contributed by atoms with van der Waals surface area (Å²) >= 11 is 1.09. The molecule has 0 aliphatic carbocycles. The van der Waals surface area contributed by atoms with Gasteiger partial charge in [-0.3, -0.25) is 9.59 Å². The van der Waals surface area contributed by atoms with Crippen molar-refractivity contribution >= 4 is 35.2 Å². The number of anilines is 1. The second-order valence-corrected chi connectivity index (χ2v) is 8.06. The first-order valence-corrected chi connectivity index (χ1v) is 11.3. The zero-order chi connectivity index (χ0) is 23.8. The molecular formula is C24H21N3O6S. The van der Waals surface area contributed by atoms with E-state index in [0.29, 0.717) is 28.8 Å². The number of pyridine rings is 1. The van der Waals surface area contributed by atoms with E-state index in [1.54, 1.807) is 24.3 Å². The molecule has 0 spiro atoms. The van der Waals surface area contributed by atoms with Crippen molar-refractivity contribution in [3.63, 3.8) is 0 Å². The molecule has 0 atom stereocenters. The third-order valence-corrected chi connectivity index (χ3v) is 5.66. The average molecular weight is 480 g/mol. The largest absolute Gasteiger partial charge is 0.454 e. The van der Waals surface area contributed by atoms with E-state index in [2.05, 4.69) is 15.6 Å². The van der Waals surface area contributed by atoms with Crippen LogP contribution in [0.2, 0.25) is 0 Å². The number of carbonyl (C=O) groups is 3. The van der Waals surface area contributed by atoms with E-state index in [0.717, 1.165) is 17.3 Å². The van der Waals surface area contributed by atoms with Crippen LogP contribution >= 0.6 is 11.8 Å². The van der Waals surface area contributed by atoms with Crippen molar-refractivity contribution in [2.45, 2.75) is 11.6 Å². The van der Waals surface area contributed by atoms with E-state index < -0.39 is 18.5 Å². The predicted octanol–water partition coefficient (Wildman–Crippen LogP) is 3.01. The lowest BCUT2D eigenvalue weighted by Crippen LogP contribution is -2.28. The Kier molecular flexibility index (Phi) is 7.61. The number of benzene rings is 2. The van der Waals surface area contributed by atoms with Gasteiger partial charge in [-0.2, -0.15) is 0 Å². The summed E-state index contributed by atoms with van der Waals surface area (Å²) in [5.41, 5.74) is 1.68. The maximum absolute atomic E-state index is 12.5. The molecule has 34 heavy (non-hydrogen) atoms. The van der Waals surface area contributed by atoms with Gasteiger partial charge < -0.3 is 24.8 Å². The molecule has 0 fully saturated rings. The Bertz CT molecular complexity index is 1190. The molecule has 2 amide bonds. The fourth-order valence-corrected chi connectivity index (χ4v) is 3.81. The number of amides is 2. The lowest BCUT2D eigenvalue weighted by atomic mass is 10.2. The number of nitrogens with one attached hydrogen (secondary N) is 2. The van der Waals surface area contributed by atoms with Gasteiger partial charge in [0.1, 0.15) is 5.03 Å². The van der Waals surface area contributed by atoms with Gasteiger partial charge >= 0.3 is 5.97 Å². The highest BCUT2D eigenvalue weighted by Gasteiger charge is 2.18. The number of ether oxygens (including phenoxy) is 3. The smallest absolute Gasteiger partial charge is 0.341 e. The molecule has 3 aromatic rings. The molecule has 174 valence electrons. The highest BCUT2D eigenvalue weighted by molar-refractivity contribution is 8.00. The molecule has 0 unspecified atom stereocenters. The van der Waals surface area contributed by atoms with Gasteiger partial charge in [-0.1, -0.05) is 42.1 Å². The van der Waals surface area contributed by atoms with E-state index in [1.165, 1.54) is 12.3 Å². The van der Waals surface area contributed by atoms with Crippen LogP contribution in [-0.2, 0) is 20.9 Å². The zero-order valence-electron chi connectivity index (χ0n) is 18.0. The molecule has 9 nitrogen and oxygen atoms in total. The first-order chi connectivity index (χ1) is 16.6. The Morgan fingerprint density at radius 1 is 0.971 bits per heavy atom. The van der Waals surface area contributed by atoms with Gasteiger partial charge in [-0.25, -0.2) is 9.78 Å². The van der Waals surface area contributed by atoms with Crippen molar-refractivity contribution < 1.29 is 28.6 Å². The first kappa shape index (κ1) is 23.1. The second-order valence-electron chi connectivity index (χ2n) is 7.10. The van der Waals surface area contributed by atoms with Crippen LogP contribution in [0, 0.1) is 0 Å². The van der Waals surface area contributed by atoms with Gasteiger partial charge in [-0.05, 0) is 29.8 Å². The number of thioether (sulfide) groups is 1. The Morgan fingerprint density at radius 2 is 1.79 bits per heavy atom. The Morgan fingerprint density at radius 3 is 2.65 bits per heavy atom. The lowest BCUT2D eigenvalue weighted by Gasteiger charge is -2.10. The summed E-state index contributed by atoms with van der Waals surface area (Å²) in [5.74, 6) is -0.191. The standard InChI is InChI=1S/C24H21N3O6S/c28-21(26-12-16-5-2-1-3-6-16)13-31-24(30)18-7-4-10-25-23(18)34-14-22(29)27-17-8-9-19-20(11-17)33-15-32-19/h1-11H,12-15H2,(H,26,28)(H,27,29). The molecule has 0 saturated carbocycles. The summed E-state index contributed by atoms with van der Waals surface area (Å²) in [7, 11) is 0. The molecule has 0 radical (unpaired) electrons. The number of rotatable bonds is 9. The van der Waals surface area contributed by atoms with Crippen molar-refractivity contribution in [2.75, 3.05) is 24.5 Å². The molecule has 10 heteroatoms. The number of esters is 1. The summed E-state index contributed by atoms with van der Waals surface area (Å²) in [4.78, 5) is 41.1. The quantitative estimate of drug-likeness (QED) is 0.355. The Labute approximate surface area is 199 Å². The fraction of sp³-hybridized carbons (Fsp3) is 0.167. The van der Waals surface area contributed by atoms with Crippen LogP contribution in [-0.4, -0.2) is 41.9 Å². The Hall–Kier alpha value is -4.05. The number of hydrogen-bond donors (Lipinski definition) is 2. The molecule has 2 N–H and O–H groups in total. The summed E-state index contributed by atoms with van der Waals surface area (Å²) in [6.45, 7) is 0.0643. The van der Waals surface area contributed by atoms with Crippen molar-refractivity contribution in [3.05, 3.63) is 78.0 Å². The fourth-order valence-electron chi connectivity index (χ4n) is 3.02. The van der Waals surface area contributed by atoms with E-state index in [-0.39, 0.29) is 24.0 Å². The normalized spacial score (nSPS) is 11.5. The van der Waals surface area contributed by atoms with Gasteiger partial charge in [-0.15, -0.1) is 0 Å². The van der Waals surface area contributed by atoms with Crippen LogP contribution in [0.5, 0.6) is 11.5 Å². The second kappa shape index (κ2) is 11.2. The Balaban J connectivity index is 1.26. The van der Waals surface area contributed by atoms with Crippen LogP contribution in [0.15, 0.2) is 71.9 Å². The maximum atomic E-state index is 12.5. The maximum Gasteiger partial charge on any atom is 0.341 e. The molecule has 0 saturated heterocycles. The molecule has 0 bridgehead atoms.